The summed E-state index contributed by atoms with van der Waals surface area (Å²) in [5.74, 6) is 2.78. The van der Waals surface area contributed by atoms with Crippen molar-refractivity contribution in [2.24, 2.45) is 0 Å². The normalized spacial score (nSPS) is 11.3. The fourth-order valence-corrected chi connectivity index (χ4v) is 4.30. The molecule has 3 rings (SSSR count). The molecule has 1 aromatic heterocycles. The zero-order valence-electron chi connectivity index (χ0n) is 21.4. The van der Waals surface area contributed by atoms with Crippen LogP contribution in [0.5, 0.6) is 5.75 Å². The van der Waals surface area contributed by atoms with Gasteiger partial charge in [0.05, 0.1) is 17.6 Å². The Morgan fingerprint density at radius 3 is 2.68 bits per heavy atom. The number of nitrogens with one attached hydrogen (secondary N) is 1. The Kier molecular flexibility index (Phi) is 9.99. The molecule has 34 heavy (non-hydrogen) atoms. The van der Waals surface area contributed by atoms with Crippen LogP contribution in [0.3, 0.4) is 0 Å². The van der Waals surface area contributed by atoms with E-state index in [1.165, 1.54) is 22.5 Å². The number of para-hydroxylation sites is 2. The van der Waals surface area contributed by atoms with Crippen molar-refractivity contribution in [2.45, 2.75) is 85.1 Å². The summed E-state index contributed by atoms with van der Waals surface area (Å²) in [6.07, 6.45) is 6.77. The van der Waals surface area contributed by atoms with Crippen LogP contribution < -0.4 is 10.1 Å². The molecule has 3 aromatic rings. The lowest BCUT2D eigenvalue weighted by atomic mass is 10.0. The van der Waals surface area contributed by atoms with Gasteiger partial charge in [0.2, 0.25) is 5.91 Å². The molecular weight excluding hydrogens is 422 g/mol. The van der Waals surface area contributed by atoms with E-state index in [4.69, 9.17) is 9.72 Å². The number of hydrogen-bond acceptors (Lipinski definition) is 3. The highest BCUT2D eigenvalue weighted by Gasteiger charge is 2.11. The Morgan fingerprint density at radius 2 is 1.88 bits per heavy atom. The number of fused-ring (bicyclic) bond motifs is 1. The molecule has 0 atom stereocenters. The fraction of sp³-hybridized carbons (Fsp3) is 0.517. The molecule has 184 valence electrons. The van der Waals surface area contributed by atoms with Crippen molar-refractivity contribution in [1.29, 1.82) is 0 Å². The zero-order chi connectivity index (χ0) is 24.3. The molecule has 1 N–H and O–H groups in total. The molecule has 5 heteroatoms. The summed E-state index contributed by atoms with van der Waals surface area (Å²) in [6.45, 7) is 10.9. The molecule has 0 aliphatic rings. The van der Waals surface area contributed by atoms with E-state index in [9.17, 15) is 4.79 Å². The molecule has 0 saturated heterocycles. The average Bonchev–Trinajstić information content (AvgIpc) is 3.18. The molecule has 0 aliphatic carbocycles. The molecule has 0 aliphatic heterocycles. The standard InChI is InChI=1S/C29H41N3O2/c1-5-29(33)30-18-10-6-7-15-28-31-25-13-8-9-14-26(25)32(28)19-11-12-20-34-27-21-23(4)16-17-24(27)22(2)3/h8-9,13-14,16-17,21-22H,5-7,10-12,15,18-20H2,1-4H3,(H,30,33). The molecule has 0 radical (unpaired) electrons. The van der Waals surface area contributed by atoms with Crippen LogP contribution in [0.15, 0.2) is 42.5 Å². The van der Waals surface area contributed by atoms with Crippen LogP contribution in [0.4, 0.5) is 0 Å². The van der Waals surface area contributed by atoms with Crippen LogP contribution >= 0.6 is 0 Å². The zero-order valence-corrected chi connectivity index (χ0v) is 21.4. The second-order valence-corrected chi connectivity index (χ2v) is 9.43. The van der Waals surface area contributed by atoms with Gasteiger partial charge < -0.3 is 14.6 Å². The number of hydrogen-bond donors (Lipinski definition) is 1. The van der Waals surface area contributed by atoms with E-state index in [1.807, 2.05) is 6.92 Å². The third-order valence-corrected chi connectivity index (χ3v) is 6.28. The second-order valence-electron chi connectivity index (χ2n) is 9.43. The number of rotatable bonds is 14. The van der Waals surface area contributed by atoms with Gasteiger partial charge in [-0.1, -0.05) is 51.5 Å². The monoisotopic (exact) mass is 463 g/mol. The van der Waals surface area contributed by atoms with Crippen LogP contribution in [0.2, 0.25) is 0 Å². The lowest BCUT2D eigenvalue weighted by Gasteiger charge is -2.15. The number of aromatic nitrogens is 2. The molecule has 0 bridgehead atoms. The summed E-state index contributed by atoms with van der Waals surface area (Å²) in [6, 6.07) is 14.9. The molecule has 1 heterocycles. The topological polar surface area (TPSA) is 56.2 Å². The van der Waals surface area contributed by atoms with Crippen molar-refractivity contribution in [3.8, 4) is 5.75 Å². The van der Waals surface area contributed by atoms with Gasteiger partial charge in [0, 0.05) is 25.9 Å². The number of aryl methyl sites for hydroxylation is 3. The van der Waals surface area contributed by atoms with Crippen molar-refractivity contribution < 1.29 is 9.53 Å². The van der Waals surface area contributed by atoms with E-state index in [0.29, 0.717) is 12.3 Å². The largest absolute Gasteiger partial charge is 0.493 e. The number of nitrogens with zero attached hydrogens (tertiary/aromatic N) is 2. The number of imidazole rings is 1. The number of ether oxygens (including phenoxy) is 1. The van der Waals surface area contributed by atoms with E-state index in [1.54, 1.807) is 0 Å². The Morgan fingerprint density at radius 1 is 1.06 bits per heavy atom. The predicted molar refractivity (Wildman–Crippen MR) is 141 cm³/mol. The first-order valence-electron chi connectivity index (χ1n) is 12.9. The van der Waals surface area contributed by atoms with Gasteiger partial charge in [0.25, 0.3) is 0 Å². The smallest absolute Gasteiger partial charge is 0.219 e. The van der Waals surface area contributed by atoms with Gasteiger partial charge in [-0.15, -0.1) is 0 Å². The van der Waals surface area contributed by atoms with Gasteiger partial charge >= 0.3 is 0 Å². The van der Waals surface area contributed by atoms with Crippen LogP contribution in [-0.4, -0.2) is 28.6 Å². The number of benzene rings is 2. The van der Waals surface area contributed by atoms with Crippen LogP contribution in [0.25, 0.3) is 11.0 Å². The summed E-state index contributed by atoms with van der Waals surface area (Å²) in [4.78, 5) is 16.3. The van der Waals surface area contributed by atoms with Crippen molar-refractivity contribution in [1.82, 2.24) is 14.9 Å². The molecule has 0 spiro atoms. The minimum Gasteiger partial charge on any atom is -0.493 e. The van der Waals surface area contributed by atoms with E-state index < -0.39 is 0 Å². The predicted octanol–water partition coefficient (Wildman–Crippen LogP) is 6.57. The van der Waals surface area contributed by atoms with E-state index >= 15 is 0 Å². The maximum absolute atomic E-state index is 11.4. The fourth-order valence-electron chi connectivity index (χ4n) is 4.30. The number of unbranched alkanes of at least 4 members (excludes halogenated alkanes) is 3. The van der Waals surface area contributed by atoms with E-state index in [-0.39, 0.29) is 5.91 Å². The van der Waals surface area contributed by atoms with E-state index in [2.05, 4.69) is 73.1 Å². The first kappa shape index (κ1) is 25.8. The first-order valence-corrected chi connectivity index (χ1v) is 12.9. The highest BCUT2D eigenvalue weighted by atomic mass is 16.5. The van der Waals surface area contributed by atoms with Gasteiger partial charge in [0.1, 0.15) is 11.6 Å². The molecule has 0 saturated carbocycles. The summed E-state index contributed by atoms with van der Waals surface area (Å²) in [5.41, 5.74) is 4.81. The molecule has 0 fully saturated rings. The number of carbonyl (C=O) groups is 1. The lowest BCUT2D eigenvalue weighted by Crippen LogP contribution is -2.23. The molecule has 1 amide bonds. The van der Waals surface area contributed by atoms with Gasteiger partial charge in [0.15, 0.2) is 0 Å². The van der Waals surface area contributed by atoms with Crippen LogP contribution in [-0.2, 0) is 17.8 Å². The van der Waals surface area contributed by atoms with Gasteiger partial charge in [-0.05, 0) is 67.9 Å². The maximum Gasteiger partial charge on any atom is 0.219 e. The van der Waals surface area contributed by atoms with Crippen LogP contribution in [0.1, 0.15) is 82.2 Å². The first-order chi connectivity index (χ1) is 16.5. The molecule has 2 aromatic carbocycles. The summed E-state index contributed by atoms with van der Waals surface area (Å²) in [5, 5.41) is 2.96. The minimum atomic E-state index is 0.133. The van der Waals surface area contributed by atoms with Crippen molar-refractivity contribution in [2.75, 3.05) is 13.2 Å². The third kappa shape index (κ3) is 7.34. The highest BCUT2D eigenvalue weighted by Crippen LogP contribution is 2.27. The highest BCUT2D eigenvalue weighted by molar-refractivity contribution is 5.76. The summed E-state index contributed by atoms with van der Waals surface area (Å²) < 4.78 is 8.58. The van der Waals surface area contributed by atoms with E-state index in [0.717, 1.165) is 69.5 Å². The molecular formula is C29H41N3O2. The number of amides is 1. The van der Waals surface area contributed by atoms with Gasteiger partial charge in [-0.25, -0.2) is 4.98 Å². The average molecular weight is 464 g/mol. The van der Waals surface area contributed by atoms with Gasteiger partial charge in [-0.3, -0.25) is 4.79 Å². The third-order valence-electron chi connectivity index (χ3n) is 6.28. The number of carbonyl (C=O) groups excluding carboxylic acids is 1. The van der Waals surface area contributed by atoms with Crippen molar-refractivity contribution >= 4 is 16.9 Å². The Labute approximate surface area is 204 Å². The Bertz CT molecular complexity index is 1050. The second kappa shape index (κ2) is 13.2. The minimum absolute atomic E-state index is 0.133. The quantitative estimate of drug-likeness (QED) is 0.275. The maximum atomic E-state index is 11.4. The van der Waals surface area contributed by atoms with Crippen molar-refractivity contribution in [3.05, 3.63) is 59.4 Å². The Hall–Kier alpha value is -2.82. The SMILES string of the molecule is CCC(=O)NCCCCCc1nc2ccccc2n1CCCCOc1cc(C)ccc1C(C)C. The van der Waals surface area contributed by atoms with Gasteiger partial charge in [-0.2, -0.15) is 0 Å². The summed E-state index contributed by atoms with van der Waals surface area (Å²) >= 11 is 0. The Balaban J connectivity index is 1.51. The lowest BCUT2D eigenvalue weighted by molar-refractivity contribution is -0.120. The summed E-state index contributed by atoms with van der Waals surface area (Å²) in [7, 11) is 0. The van der Waals surface area contributed by atoms with Crippen molar-refractivity contribution in [3.63, 3.8) is 0 Å². The molecule has 5 nitrogen and oxygen atoms in total. The molecule has 0 unspecified atom stereocenters. The van der Waals surface area contributed by atoms with Crippen LogP contribution in [0, 0.1) is 6.92 Å².